The molecule has 0 aromatic heterocycles. The van der Waals surface area contributed by atoms with Gasteiger partial charge in [-0.1, -0.05) is 25.4 Å². The lowest BCUT2D eigenvalue weighted by molar-refractivity contribution is -0.118. The third-order valence-corrected chi connectivity index (χ3v) is 4.50. The first-order valence-electron chi connectivity index (χ1n) is 6.16. The van der Waals surface area contributed by atoms with E-state index in [4.69, 9.17) is 16.7 Å². The van der Waals surface area contributed by atoms with Gasteiger partial charge in [0.05, 0.1) is 15.5 Å². The van der Waals surface area contributed by atoms with Crippen molar-refractivity contribution >= 4 is 33.3 Å². The molecule has 0 aliphatic carbocycles. The van der Waals surface area contributed by atoms with E-state index in [0.29, 0.717) is 6.54 Å². The molecule has 6 nitrogen and oxygen atoms in total. The van der Waals surface area contributed by atoms with E-state index < -0.39 is 27.5 Å². The van der Waals surface area contributed by atoms with Gasteiger partial charge < -0.3 is 10.4 Å². The number of rotatable bonds is 6. The van der Waals surface area contributed by atoms with E-state index in [9.17, 15) is 18.0 Å². The van der Waals surface area contributed by atoms with Crippen LogP contribution in [0.25, 0.3) is 0 Å². The van der Waals surface area contributed by atoms with Crippen molar-refractivity contribution in [2.75, 3.05) is 12.3 Å². The van der Waals surface area contributed by atoms with Crippen LogP contribution in [-0.2, 0) is 14.6 Å². The van der Waals surface area contributed by atoms with Crippen LogP contribution in [0, 0.1) is 5.92 Å². The van der Waals surface area contributed by atoms with Crippen molar-refractivity contribution in [1.29, 1.82) is 0 Å². The van der Waals surface area contributed by atoms with Crippen LogP contribution in [0.15, 0.2) is 23.1 Å². The molecule has 0 aliphatic rings. The highest BCUT2D eigenvalue weighted by atomic mass is 35.5. The summed E-state index contributed by atoms with van der Waals surface area (Å²) >= 11 is 5.68. The van der Waals surface area contributed by atoms with E-state index >= 15 is 0 Å². The van der Waals surface area contributed by atoms with Gasteiger partial charge in [0.2, 0.25) is 5.91 Å². The Kier molecular flexibility index (Phi) is 5.74. The topological polar surface area (TPSA) is 101 Å². The first-order valence-corrected chi connectivity index (χ1v) is 8.19. The van der Waals surface area contributed by atoms with E-state index in [0.717, 1.165) is 6.07 Å². The van der Waals surface area contributed by atoms with Crippen LogP contribution in [0.2, 0.25) is 5.02 Å². The minimum Gasteiger partial charge on any atom is -0.478 e. The van der Waals surface area contributed by atoms with Crippen molar-refractivity contribution in [1.82, 2.24) is 5.32 Å². The van der Waals surface area contributed by atoms with Crippen LogP contribution < -0.4 is 5.32 Å². The zero-order chi connectivity index (χ0) is 16.2. The molecule has 1 aromatic rings. The van der Waals surface area contributed by atoms with Gasteiger partial charge in [-0.15, -0.1) is 0 Å². The summed E-state index contributed by atoms with van der Waals surface area (Å²) in [6.45, 7) is 4.13. The second-order valence-electron chi connectivity index (χ2n) is 4.90. The summed E-state index contributed by atoms with van der Waals surface area (Å²) in [4.78, 5) is 22.3. The molecule has 0 unspecified atom stereocenters. The van der Waals surface area contributed by atoms with E-state index in [-0.39, 0.29) is 21.4 Å². The summed E-state index contributed by atoms with van der Waals surface area (Å²) in [6.07, 6.45) is 0. The van der Waals surface area contributed by atoms with Crippen LogP contribution >= 0.6 is 11.6 Å². The molecule has 0 saturated carbocycles. The Morgan fingerprint density at radius 2 is 1.95 bits per heavy atom. The van der Waals surface area contributed by atoms with Crippen molar-refractivity contribution in [3.8, 4) is 0 Å². The highest BCUT2D eigenvalue weighted by Gasteiger charge is 2.21. The number of sulfone groups is 1. The first kappa shape index (κ1) is 17.5. The fourth-order valence-corrected chi connectivity index (χ4v) is 2.87. The number of carboxylic acid groups (broad SMARTS) is 1. The van der Waals surface area contributed by atoms with E-state index in [1.54, 1.807) is 0 Å². The summed E-state index contributed by atoms with van der Waals surface area (Å²) in [6, 6.07) is 3.32. The molecule has 116 valence electrons. The molecule has 0 fully saturated rings. The fraction of sp³-hybridized carbons (Fsp3) is 0.385. The number of carbonyl (C=O) groups is 2. The molecule has 8 heteroatoms. The summed E-state index contributed by atoms with van der Waals surface area (Å²) in [7, 11) is -3.91. The average Bonchev–Trinajstić information content (AvgIpc) is 2.35. The van der Waals surface area contributed by atoms with Gasteiger partial charge in [-0.2, -0.15) is 0 Å². The average molecular weight is 334 g/mol. The molecule has 1 aromatic carbocycles. The molecule has 1 amide bonds. The van der Waals surface area contributed by atoms with E-state index in [1.807, 2.05) is 13.8 Å². The predicted molar refractivity (Wildman–Crippen MR) is 78.3 cm³/mol. The minimum absolute atomic E-state index is 0.0642. The SMILES string of the molecule is CC(C)CNC(=O)CS(=O)(=O)c1ccc(Cl)c(C(=O)O)c1. The smallest absolute Gasteiger partial charge is 0.337 e. The Labute approximate surface area is 128 Å². The number of carbonyl (C=O) groups excluding carboxylic acids is 1. The maximum Gasteiger partial charge on any atom is 0.337 e. The third kappa shape index (κ3) is 5.02. The molecule has 0 heterocycles. The number of hydrogen-bond donors (Lipinski definition) is 2. The highest BCUT2D eigenvalue weighted by molar-refractivity contribution is 7.92. The largest absolute Gasteiger partial charge is 0.478 e. The van der Waals surface area contributed by atoms with Crippen LogP contribution in [0.4, 0.5) is 0 Å². The van der Waals surface area contributed by atoms with Crippen LogP contribution in [-0.4, -0.2) is 37.7 Å². The quantitative estimate of drug-likeness (QED) is 0.823. The number of benzene rings is 1. The first-order chi connectivity index (χ1) is 9.63. The van der Waals surface area contributed by atoms with E-state index in [2.05, 4.69) is 5.32 Å². The molecule has 0 saturated heterocycles. The maximum absolute atomic E-state index is 12.1. The molecule has 0 aliphatic heterocycles. The molecule has 0 radical (unpaired) electrons. The molecule has 1 rings (SSSR count). The van der Waals surface area contributed by atoms with E-state index in [1.165, 1.54) is 12.1 Å². The summed E-state index contributed by atoms with van der Waals surface area (Å²) in [5.74, 6) is -2.50. The monoisotopic (exact) mass is 333 g/mol. The molecule has 21 heavy (non-hydrogen) atoms. The number of carboxylic acids is 1. The summed E-state index contributed by atoms with van der Waals surface area (Å²) in [5.41, 5.74) is -0.319. The summed E-state index contributed by atoms with van der Waals surface area (Å²) < 4.78 is 24.2. The normalized spacial score (nSPS) is 11.4. The third-order valence-electron chi connectivity index (χ3n) is 2.56. The Morgan fingerprint density at radius 1 is 1.33 bits per heavy atom. The van der Waals surface area contributed by atoms with Gasteiger partial charge in [-0.05, 0) is 24.1 Å². The van der Waals surface area contributed by atoms with Crippen LogP contribution in [0.3, 0.4) is 0 Å². The molecular formula is C13H16ClNO5S. The standard InChI is InChI=1S/C13H16ClNO5S/c1-8(2)6-15-12(16)7-21(19,20)9-3-4-11(14)10(5-9)13(17)18/h3-5,8H,6-7H2,1-2H3,(H,15,16)(H,17,18). The van der Waals surface area contributed by atoms with Crippen molar-refractivity contribution < 1.29 is 23.1 Å². The van der Waals surface area contributed by atoms with Gasteiger partial charge in [-0.3, -0.25) is 4.79 Å². The Hall–Kier alpha value is -1.60. The van der Waals surface area contributed by atoms with Crippen molar-refractivity contribution in [2.45, 2.75) is 18.7 Å². The number of aromatic carboxylic acids is 1. The minimum atomic E-state index is -3.91. The number of hydrogen-bond acceptors (Lipinski definition) is 4. The number of nitrogens with one attached hydrogen (secondary N) is 1. The number of halogens is 1. The lowest BCUT2D eigenvalue weighted by Crippen LogP contribution is -2.32. The van der Waals surface area contributed by atoms with Crippen LogP contribution in [0.1, 0.15) is 24.2 Å². The summed E-state index contributed by atoms with van der Waals surface area (Å²) in [5, 5.41) is 11.4. The zero-order valence-electron chi connectivity index (χ0n) is 11.6. The van der Waals surface area contributed by atoms with Gasteiger partial charge in [0.25, 0.3) is 0 Å². The second-order valence-corrected chi connectivity index (χ2v) is 7.30. The molecule has 2 N–H and O–H groups in total. The van der Waals surface area contributed by atoms with Gasteiger partial charge in [0, 0.05) is 6.54 Å². The lowest BCUT2D eigenvalue weighted by Gasteiger charge is -2.09. The van der Waals surface area contributed by atoms with Crippen LogP contribution in [0.5, 0.6) is 0 Å². The number of amides is 1. The lowest BCUT2D eigenvalue weighted by atomic mass is 10.2. The fourth-order valence-electron chi connectivity index (χ4n) is 1.49. The molecule has 0 atom stereocenters. The Balaban J connectivity index is 2.96. The van der Waals surface area contributed by atoms with Gasteiger partial charge >= 0.3 is 5.97 Å². The molecule has 0 spiro atoms. The molecule has 0 bridgehead atoms. The Morgan fingerprint density at radius 3 is 2.48 bits per heavy atom. The van der Waals surface area contributed by atoms with Gasteiger partial charge in [0.15, 0.2) is 9.84 Å². The Bertz CT molecular complexity index is 655. The van der Waals surface area contributed by atoms with Crippen molar-refractivity contribution in [3.63, 3.8) is 0 Å². The van der Waals surface area contributed by atoms with Gasteiger partial charge in [-0.25, -0.2) is 13.2 Å². The predicted octanol–water partition coefficient (Wildman–Crippen LogP) is 1.58. The maximum atomic E-state index is 12.1. The molecular weight excluding hydrogens is 318 g/mol. The highest BCUT2D eigenvalue weighted by Crippen LogP contribution is 2.21. The second kappa shape index (κ2) is 6.91. The zero-order valence-corrected chi connectivity index (χ0v) is 13.2. The van der Waals surface area contributed by atoms with Crippen molar-refractivity contribution in [2.24, 2.45) is 5.92 Å². The van der Waals surface area contributed by atoms with Crippen molar-refractivity contribution in [3.05, 3.63) is 28.8 Å². The van der Waals surface area contributed by atoms with Gasteiger partial charge in [0.1, 0.15) is 5.75 Å².